The van der Waals surface area contributed by atoms with Crippen LogP contribution < -0.4 is 0 Å². The maximum atomic E-state index is 11.8. The van der Waals surface area contributed by atoms with Gasteiger partial charge < -0.3 is 0 Å². The third-order valence-corrected chi connectivity index (χ3v) is 2.98. The number of unbranched alkanes of at least 4 members (excludes halogenated alkanes) is 2. The van der Waals surface area contributed by atoms with Crippen LogP contribution >= 0.6 is 22.6 Å². The van der Waals surface area contributed by atoms with Crippen molar-refractivity contribution < 1.29 is 9.59 Å². The Labute approximate surface area is 112 Å². The number of hydrogen-bond donors (Lipinski definition) is 0. The second-order valence-electron chi connectivity index (χ2n) is 4.11. The standard InChI is InChI=1S/C13H21IO2/c1-4-5-6-7-13(16)12(11(3)15)9-8-10(2)14/h8,12H,4-7,9H2,1-3H3/b10-8-. The van der Waals surface area contributed by atoms with Crippen LogP contribution in [0.5, 0.6) is 0 Å². The van der Waals surface area contributed by atoms with Crippen LogP contribution in [0.1, 0.15) is 52.9 Å². The van der Waals surface area contributed by atoms with Crippen molar-refractivity contribution in [1.82, 2.24) is 0 Å². The molecule has 0 amide bonds. The molecular formula is C13H21IO2. The first-order chi connectivity index (χ1) is 7.49. The molecule has 0 N–H and O–H groups in total. The average molecular weight is 336 g/mol. The number of carbonyl (C=O) groups excluding carboxylic acids is 2. The Kier molecular flexibility index (Phi) is 8.80. The van der Waals surface area contributed by atoms with Crippen molar-refractivity contribution in [2.45, 2.75) is 52.9 Å². The highest BCUT2D eigenvalue weighted by atomic mass is 127. The molecule has 0 aliphatic heterocycles. The Hall–Kier alpha value is -0.190. The fourth-order valence-corrected chi connectivity index (χ4v) is 1.78. The summed E-state index contributed by atoms with van der Waals surface area (Å²) in [6.45, 7) is 5.59. The molecule has 0 radical (unpaired) electrons. The first-order valence-electron chi connectivity index (χ1n) is 5.84. The molecule has 0 fully saturated rings. The van der Waals surface area contributed by atoms with E-state index in [4.69, 9.17) is 0 Å². The molecule has 0 aromatic carbocycles. The number of Topliss-reactive ketones (excluding diaryl/α,β-unsaturated/α-hetero) is 2. The molecule has 2 nitrogen and oxygen atoms in total. The zero-order valence-electron chi connectivity index (χ0n) is 10.4. The van der Waals surface area contributed by atoms with Gasteiger partial charge in [0.1, 0.15) is 11.6 Å². The van der Waals surface area contributed by atoms with Gasteiger partial charge in [0.25, 0.3) is 0 Å². The molecule has 0 saturated heterocycles. The molecule has 0 aliphatic rings. The first-order valence-corrected chi connectivity index (χ1v) is 6.92. The van der Waals surface area contributed by atoms with E-state index in [1.165, 1.54) is 6.92 Å². The number of halogens is 1. The molecule has 1 atom stereocenters. The third-order valence-electron chi connectivity index (χ3n) is 2.54. The van der Waals surface area contributed by atoms with Crippen molar-refractivity contribution >= 4 is 34.2 Å². The van der Waals surface area contributed by atoms with Gasteiger partial charge in [0.2, 0.25) is 0 Å². The van der Waals surface area contributed by atoms with Gasteiger partial charge in [-0.15, -0.1) is 0 Å². The maximum Gasteiger partial charge on any atom is 0.143 e. The van der Waals surface area contributed by atoms with Gasteiger partial charge in [-0.05, 0) is 52.9 Å². The summed E-state index contributed by atoms with van der Waals surface area (Å²) in [5, 5.41) is 0. The summed E-state index contributed by atoms with van der Waals surface area (Å²) in [6, 6.07) is 0. The van der Waals surface area contributed by atoms with Gasteiger partial charge in [0.15, 0.2) is 0 Å². The van der Waals surface area contributed by atoms with Gasteiger partial charge in [-0.1, -0.05) is 25.8 Å². The number of ketones is 2. The van der Waals surface area contributed by atoms with E-state index in [0.29, 0.717) is 12.8 Å². The van der Waals surface area contributed by atoms with Gasteiger partial charge in [-0.2, -0.15) is 0 Å². The molecule has 0 rings (SSSR count). The van der Waals surface area contributed by atoms with Crippen molar-refractivity contribution in [3.8, 4) is 0 Å². The molecule has 92 valence electrons. The lowest BCUT2D eigenvalue weighted by molar-refractivity contribution is -0.131. The fraction of sp³-hybridized carbons (Fsp3) is 0.692. The summed E-state index contributed by atoms with van der Waals surface area (Å²) in [4.78, 5) is 23.2. The summed E-state index contributed by atoms with van der Waals surface area (Å²) >= 11 is 2.20. The Balaban J connectivity index is 4.25. The van der Waals surface area contributed by atoms with Gasteiger partial charge >= 0.3 is 0 Å². The Bertz CT molecular complexity index is 265. The van der Waals surface area contributed by atoms with Crippen molar-refractivity contribution in [3.05, 3.63) is 9.66 Å². The molecule has 0 aliphatic carbocycles. The van der Waals surface area contributed by atoms with Crippen LogP contribution in [-0.4, -0.2) is 11.6 Å². The minimum atomic E-state index is -0.415. The van der Waals surface area contributed by atoms with Crippen LogP contribution in [-0.2, 0) is 9.59 Å². The van der Waals surface area contributed by atoms with Crippen LogP contribution in [0.15, 0.2) is 9.66 Å². The molecule has 0 aromatic heterocycles. The predicted molar refractivity (Wildman–Crippen MR) is 75.7 cm³/mol. The Morgan fingerprint density at radius 3 is 2.31 bits per heavy atom. The van der Waals surface area contributed by atoms with E-state index in [2.05, 4.69) is 29.5 Å². The van der Waals surface area contributed by atoms with Crippen LogP contribution in [0.4, 0.5) is 0 Å². The van der Waals surface area contributed by atoms with Gasteiger partial charge in [0.05, 0.1) is 5.92 Å². The molecule has 0 bridgehead atoms. The summed E-state index contributed by atoms with van der Waals surface area (Å²) < 4.78 is 1.13. The molecule has 0 saturated carbocycles. The normalized spacial score (nSPS) is 13.6. The minimum absolute atomic E-state index is 0.00426. The lowest BCUT2D eigenvalue weighted by Gasteiger charge is -2.10. The van der Waals surface area contributed by atoms with Crippen LogP contribution in [0, 0.1) is 5.92 Å². The molecule has 0 heterocycles. The highest BCUT2D eigenvalue weighted by Crippen LogP contribution is 2.15. The highest BCUT2D eigenvalue weighted by molar-refractivity contribution is 14.1. The fourth-order valence-electron chi connectivity index (χ4n) is 1.53. The molecule has 16 heavy (non-hydrogen) atoms. The second-order valence-corrected chi connectivity index (χ2v) is 5.81. The summed E-state index contributed by atoms with van der Waals surface area (Å²) in [5.41, 5.74) is 0. The van der Waals surface area contributed by atoms with E-state index in [1.54, 1.807) is 0 Å². The van der Waals surface area contributed by atoms with E-state index in [9.17, 15) is 9.59 Å². The molecule has 1 unspecified atom stereocenters. The van der Waals surface area contributed by atoms with Crippen LogP contribution in [0.2, 0.25) is 0 Å². The zero-order valence-corrected chi connectivity index (χ0v) is 12.5. The average Bonchev–Trinajstić information content (AvgIpc) is 2.17. The second kappa shape index (κ2) is 8.90. The minimum Gasteiger partial charge on any atom is -0.299 e. The topological polar surface area (TPSA) is 34.1 Å². The first kappa shape index (κ1) is 15.8. The van der Waals surface area contributed by atoms with Gasteiger partial charge in [0, 0.05) is 6.42 Å². The maximum absolute atomic E-state index is 11.8. The number of rotatable bonds is 8. The van der Waals surface area contributed by atoms with E-state index >= 15 is 0 Å². The Morgan fingerprint density at radius 2 is 1.88 bits per heavy atom. The molecule has 0 aromatic rings. The summed E-state index contributed by atoms with van der Waals surface area (Å²) in [7, 11) is 0. The van der Waals surface area contributed by atoms with E-state index < -0.39 is 5.92 Å². The zero-order chi connectivity index (χ0) is 12.6. The highest BCUT2D eigenvalue weighted by Gasteiger charge is 2.21. The molecule has 0 spiro atoms. The van der Waals surface area contributed by atoms with Crippen molar-refractivity contribution in [2.75, 3.05) is 0 Å². The van der Waals surface area contributed by atoms with Crippen molar-refractivity contribution in [1.29, 1.82) is 0 Å². The van der Waals surface area contributed by atoms with Crippen molar-refractivity contribution in [2.24, 2.45) is 5.92 Å². The van der Waals surface area contributed by atoms with Crippen molar-refractivity contribution in [3.63, 3.8) is 0 Å². The van der Waals surface area contributed by atoms with E-state index in [1.807, 2.05) is 13.0 Å². The Morgan fingerprint density at radius 1 is 1.25 bits per heavy atom. The van der Waals surface area contributed by atoms with Crippen LogP contribution in [0.3, 0.4) is 0 Å². The molecule has 3 heteroatoms. The SMILES string of the molecule is CCCCCC(=O)C(C/C=C(/C)I)C(C)=O. The summed E-state index contributed by atoms with van der Waals surface area (Å²) in [5.74, 6) is -0.313. The molecular weight excluding hydrogens is 315 g/mol. The lowest BCUT2D eigenvalue weighted by atomic mass is 9.92. The smallest absolute Gasteiger partial charge is 0.143 e. The largest absolute Gasteiger partial charge is 0.299 e. The lowest BCUT2D eigenvalue weighted by Crippen LogP contribution is -2.21. The predicted octanol–water partition coefficient (Wildman–Crippen LogP) is 4.07. The quantitative estimate of drug-likeness (QED) is 0.380. The van der Waals surface area contributed by atoms with Gasteiger partial charge in [-0.25, -0.2) is 0 Å². The third kappa shape index (κ3) is 7.14. The number of carbonyl (C=O) groups is 2. The van der Waals surface area contributed by atoms with E-state index in [-0.39, 0.29) is 11.6 Å². The van der Waals surface area contributed by atoms with Gasteiger partial charge in [-0.3, -0.25) is 9.59 Å². The van der Waals surface area contributed by atoms with E-state index in [0.717, 1.165) is 22.8 Å². The van der Waals surface area contributed by atoms with Crippen LogP contribution in [0.25, 0.3) is 0 Å². The number of hydrogen-bond acceptors (Lipinski definition) is 2. The monoisotopic (exact) mass is 336 g/mol. The summed E-state index contributed by atoms with van der Waals surface area (Å²) in [6.07, 6.45) is 6.15. The number of allylic oxidation sites excluding steroid dienone is 2.